The summed E-state index contributed by atoms with van der Waals surface area (Å²) >= 11 is 11.8. The van der Waals surface area contributed by atoms with Crippen LogP contribution in [0.5, 0.6) is 0 Å². The van der Waals surface area contributed by atoms with E-state index in [4.69, 9.17) is 33.8 Å². The molecule has 0 fully saturated rings. The van der Waals surface area contributed by atoms with E-state index < -0.39 is 30.1 Å². The molecule has 11 heteroatoms. The number of carbonyl (C=O) groups excluding carboxylic acids is 2. The molecule has 0 spiro atoms. The number of amides is 3. The molecule has 0 bridgehead atoms. The zero-order valence-electron chi connectivity index (χ0n) is 16.3. The van der Waals surface area contributed by atoms with Gasteiger partial charge in [-0.1, -0.05) is 34.4 Å². The summed E-state index contributed by atoms with van der Waals surface area (Å²) < 4.78 is 42.3. The SMILES string of the molecule is Cc1cc(C2=NOC(c3cc(Cl)cc(Cl)c3)(C(F)(F)F)C2)ccc1C(=O)N(C)C(N)=O. The van der Waals surface area contributed by atoms with Gasteiger partial charge < -0.3 is 10.6 Å². The summed E-state index contributed by atoms with van der Waals surface area (Å²) in [4.78, 5) is 29.2. The van der Waals surface area contributed by atoms with Crippen molar-refractivity contribution in [2.75, 3.05) is 7.05 Å². The Morgan fingerprint density at radius 3 is 2.29 bits per heavy atom. The van der Waals surface area contributed by atoms with E-state index in [0.717, 1.165) is 17.0 Å². The van der Waals surface area contributed by atoms with Crippen LogP contribution in [0.1, 0.15) is 33.5 Å². The zero-order chi connectivity index (χ0) is 23.1. The maximum Gasteiger partial charge on any atom is 0.435 e. The van der Waals surface area contributed by atoms with E-state index >= 15 is 0 Å². The molecule has 1 aliphatic rings. The van der Waals surface area contributed by atoms with Crippen LogP contribution in [0, 0.1) is 6.92 Å². The van der Waals surface area contributed by atoms with Crippen LogP contribution in [0.15, 0.2) is 41.6 Å². The van der Waals surface area contributed by atoms with Crippen molar-refractivity contribution in [1.82, 2.24) is 4.90 Å². The Morgan fingerprint density at radius 1 is 1.16 bits per heavy atom. The molecule has 1 unspecified atom stereocenters. The minimum Gasteiger partial charge on any atom is -0.374 e. The van der Waals surface area contributed by atoms with Crippen molar-refractivity contribution in [2.24, 2.45) is 10.9 Å². The Morgan fingerprint density at radius 2 is 1.77 bits per heavy atom. The number of hydrogen-bond acceptors (Lipinski definition) is 4. The normalized spacial score (nSPS) is 18.4. The lowest BCUT2D eigenvalue weighted by Crippen LogP contribution is -2.42. The summed E-state index contributed by atoms with van der Waals surface area (Å²) in [5.74, 6) is -0.639. The van der Waals surface area contributed by atoms with Crippen LogP contribution in [-0.4, -0.2) is 35.8 Å². The first-order valence-electron chi connectivity index (χ1n) is 8.82. The first kappa shape index (κ1) is 22.9. The monoisotopic (exact) mass is 473 g/mol. The number of benzene rings is 2. The first-order chi connectivity index (χ1) is 14.4. The average molecular weight is 474 g/mol. The molecule has 6 nitrogen and oxygen atoms in total. The summed E-state index contributed by atoms with van der Waals surface area (Å²) in [6, 6.07) is 6.94. The van der Waals surface area contributed by atoms with Gasteiger partial charge in [0.25, 0.3) is 11.5 Å². The van der Waals surface area contributed by atoms with Crippen LogP contribution in [0.3, 0.4) is 0 Å². The van der Waals surface area contributed by atoms with Crippen LogP contribution in [0.2, 0.25) is 10.0 Å². The minimum absolute atomic E-state index is 0.0266. The molecule has 31 heavy (non-hydrogen) atoms. The minimum atomic E-state index is -4.82. The maximum atomic E-state index is 14.1. The largest absolute Gasteiger partial charge is 0.435 e. The number of alkyl halides is 3. The number of hydrogen-bond donors (Lipinski definition) is 1. The second kappa shape index (κ2) is 8.05. The van der Waals surface area contributed by atoms with Gasteiger partial charge in [0, 0.05) is 34.6 Å². The molecule has 2 N–H and O–H groups in total. The smallest absolute Gasteiger partial charge is 0.374 e. The fraction of sp³-hybridized carbons (Fsp3) is 0.250. The molecule has 2 aromatic carbocycles. The van der Waals surface area contributed by atoms with Gasteiger partial charge in [-0.2, -0.15) is 13.2 Å². The number of carbonyl (C=O) groups is 2. The molecule has 0 saturated carbocycles. The number of aryl methyl sites for hydroxylation is 1. The van der Waals surface area contributed by atoms with Crippen molar-refractivity contribution in [3.05, 3.63) is 68.7 Å². The van der Waals surface area contributed by atoms with Gasteiger partial charge in [-0.3, -0.25) is 9.69 Å². The molecule has 0 aromatic heterocycles. The zero-order valence-corrected chi connectivity index (χ0v) is 17.8. The number of nitrogens with zero attached hydrogens (tertiary/aromatic N) is 2. The van der Waals surface area contributed by atoms with Gasteiger partial charge in [-0.15, -0.1) is 0 Å². The quantitative estimate of drug-likeness (QED) is 0.677. The third-order valence-electron chi connectivity index (χ3n) is 4.94. The number of urea groups is 1. The van der Waals surface area contributed by atoms with E-state index in [9.17, 15) is 22.8 Å². The van der Waals surface area contributed by atoms with Gasteiger partial charge in [0.1, 0.15) is 0 Å². The molecule has 3 amide bonds. The molecule has 1 aliphatic heterocycles. The number of oxime groups is 1. The number of primary amides is 1. The molecular weight excluding hydrogens is 458 g/mol. The van der Waals surface area contributed by atoms with E-state index in [1.54, 1.807) is 6.92 Å². The Bertz CT molecular complexity index is 1080. The Labute approximate surface area is 185 Å². The summed E-state index contributed by atoms with van der Waals surface area (Å²) in [6.45, 7) is 1.58. The molecule has 0 saturated heterocycles. The molecule has 164 valence electrons. The van der Waals surface area contributed by atoms with Crippen molar-refractivity contribution in [2.45, 2.75) is 25.1 Å². The van der Waals surface area contributed by atoms with Gasteiger partial charge in [0.2, 0.25) is 0 Å². The topological polar surface area (TPSA) is 85.0 Å². The van der Waals surface area contributed by atoms with Gasteiger partial charge in [-0.05, 0) is 48.4 Å². The van der Waals surface area contributed by atoms with Crippen molar-refractivity contribution in [1.29, 1.82) is 0 Å². The summed E-state index contributed by atoms with van der Waals surface area (Å²) in [5.41, 5.74) is 3.03. The number of imide groups is 1. The molecule has 1 atom stereocenters. The molecule has 1 heterocycles. The highest BCUT2D eigenvalue weighted by atomic mass is 35.5. The van der Waals surface area contributed by atoms with Crippen molar-refractivity contribution in [3.63, 3.8) is 0 Å². The van der Waals surface area contributed by atoms with E-state index in [2.05, 4.69) is 5.16 Å². The number of halogens is 5. The van der Waals surface area contributed by atoms with Crippen LogP contribution >= 0.6 is 23.2 Å². The van der Waals surface area contributed by atoms with Crippen molar-refractivity contribution in [3.8, 4) is 0 Å². The van der Waals surface area contributed by atoms with Gasteiger partial charge in [0.15, 0.2) is 0 Å². The van der Waals surface area contributed by atoms with E-state index in [-0.39, 0.29) is 26.9 Å². The fourth-order valence-corrected chi connectivity index (χ4v) is 3.74. The second-order valence-corrected chi connectivity index (χ2v) is 7.89. The first-order valence-corrected chi connectivity index (χ1v) is 9.58. The van der Waals surface area contributed by atoms with Crippen molar-refractivity contribution >= 4 is 40.9 Å². The third-order valence-corrected chi connectivity index (χ3v) is 5.38. The highest BCUT2D eigenvalue weighted by Crippen LogP contribution is 2.49. The predicted molar refractivity (Wildman–Crippen MR) is 109 cm³/mol. The lowest BCUT2D eigenvalue weighted by molar-refractivity contribution is -0.275. The molecule has 3 rings (SSSR count). The summed E-state index contributed by atoms with van der Waals surface area (Å²) in [6.07, 6.45) is -5.44. The molecule has 0 radical (unpaired) electrons. The van der Waals surface area contributed by atoms with E-state index in [1.165, 1.54) is 31.3 Å². The fourth-order valence-electron chi connectivity index (χ4n) is 3.21. The molecular formula is C20H16Cl2F3N3O3. The second-order valence-electron chi connectivity index (χ2n) is 7.02. The highest BCUT2D eigenvalue weighted by Gasteiger charge is 2.62. The van der Waals surface area contributed by atoms with Gasteiger partial charge in [-0.25, -0.2) is 4.79 Å². The molecule has 2 aromatic rings. The van der Waals surface area contributed by atoms with E-state index in [0.29, 0.717) is 11.1 Å². The van der Waals surface area contributed by atoms with Crippen molar-refractivity contribution < 1.29 is 27.6 Å². The van der Waals surface area contributed by atoms with Crippen LogP contribution in [-0.2, 0) is 10.4 Å². The molecule has 0 aliphatic carbocycles. The number of rotatable bonds is 3. The van der Waals surface area contributed by atoms with E-state index in [1.807, 2.05) is 0 Å². The third kappa shape index (κ3) is 4.20. The maximum absolute atomic E-state index is 14.1. The summed E-state index contributed by atoms with van der Waals surface area (Å²) in [5, 5.41) is 3.74. The van der Waals surface area contributed by atoms with Crippen LogP contribution in [0.4, 0.5) is 18.0 Å². The standard InChI is InChI=1S/C20H16Cl2F3N3O3/c1-10-5-11(3-4-15(10)17(29)28(2)18(26)30)16-9-19(31-27-16,20(23,24)25)12-6-13(21)8-14(22)7-12/h3-8H,9H2,1-2H3,(H2,26,30). The number of nitrogens with two attached hydrogens (primary N) is 1. The van der Waals surface area contributed by atoms with Crippen LogP contribution in [0.25, 0.3) is 0 Å². The van der Waals surface area contributed by atoms with Gasteiger partial charge in [0.05, 0.1) is 5.71 Å². The lowest BCUT2D eigenvalue weighted by Gasteiger charge is -2.29. The predicted octanol–water partition coefficient (Wildman–Crippen LogP) is 5.03. The highest BCUT2D eigenvalue weighted by molar-refractivity contribution is 6.34. The Balaban J connectivity index is 1.96. The van der Waals surface area contributed by atoms with Crippen LogP contribution < -0.4 is 5.73 Å². The average Bonchev–Trinajstić information content (AvgIpc) is 3.13. The lowest BCUT2D eigenvalue weighted by atomic mass is 9.86. The summed E-state index contributed by atoms with van der Waals surface area (Å²) in [7, 11) is 1.22. The Kier molecular flexibility index (Phi) is 5.94. The Hall–Kier alpha value is -2.78. The van der Waals surface area contributed by atoms with Gasteiger partial charge >= 0.3 is 12.2 Å².